The molecule has 3 aromatic rings. The zero-order valence-corrected chi connectivity index (χ0v) is 23.3. The van der Waals surface area contributed by atoms with E-state index in [0.29, 0.717) is 13.1 Å². The molecule has 4 heteroatoms. The Hall–Kier alpha value is -3.27. The lowest BCUT2D eigenvalue weighted by molar-refractivity contribution is 0.0746. The topological polar surface area (TPSA) is 35.6 Å². The highest BCUT2D eigenvalue weighted by molar-refractivity contribution is 6.00. The number of anilines is 2. The lowest BCUT2D eigenvalue weighted by Crippen LogP contribution is -2.33. The van der Waals surface area contributed by atoms with Gasteiger partial charge < -0.3 is 15.1 Å². The molecule has 0 unspecified atom stereocenters. The van der Waals surface area contributed by atoms with Gasteiger partial charge in [0.1, 0.15) is 0 Å². The first-order valence-corrected chi connectivity index (χ1v) is 13.9. The number of rotatable bonds is 9. The molecule has 3 aromatic carbocycles. The monoisotopic (exact) mass is 497 g/mol. The van der Waals surface area contributed by atoms with E-state index in [-0.39, 0.29) is 11.3 Å². The van der Waals surface area contributed by atoms with Crippen LogP contribution in [-0.2, 0) is 24.8 Å². The SMILES string of the molecule is CCN(CC)c1ccc(CCN(Cc2ccc(C(C)(C)C)cc2)C(=O)c2cccc3c2NCCC3)cc1. The van der Waals surface area contributed by atoms with Gasteiger partial charge in [-0.25, -0.2) is 0 Å². The molecule has 0 bridgehead atoms. The maximum Gasteiger partial charge on any atom is 0.256 e. The third-order valence-electron chi connectivity index (χ3n) is 7.52. The van der Waals surface area contributed by atoms with E-state index in [9.17, 15) is 4.79 Å². The van der Waals surface area contributed by atoms with Gasteiger partial charge in [0.25, 0.3) is 5.91 Å². The van der Waals surface area contributed by atoms with Crippen LogP contribution in [0.1, 0.15) is 73.7 Å². The van der Waals surface area contributed by atoms with Crippen molar-refractivity contribution < 1.29 is 4.79 Å². The number of benzene rings is 3. The van der Waals surface area contributed by atoms with Crippen LogP contribution in [0.25, 0.3) is 0 Å². The van der Waals surface area contributed by atoms with Gasteiger partial charge in [0.2, 0.25) is 0 Å². The molecule has 1 aliphatic rings. The Morgan fingerprint density at radius 2 is 1.57 bits per heavy atom. The quantitative estimate of drug-likeness (QED) is 0.343. The number of carbonyl (C=O) groups excluding carboxylic acids is 1. The molecular formula is C33H43N3O. The Balaban J connectivity index is 1.56. The van der Waals surface area contributed by atoms with Gasteiger partial charge in [-0.05, 0) is 79.0 Å². The Morgan fingerprint density at radius 1 is 0.892 bits per heavy atom. The summed E-state index contributed by atoms with van der Waals surface area (Å²) < 4.78 is 0. The van der Waals surface area contributed by atoms with E-state index in [2.05, 4.69) is 99.4 Å². The lowest BCUT2D eigenvalue weighted by atomic mass is 9.87. The molecular weight excluding hydrogens is 454 g/mol. The standard InChI is InChI=1S/C33H43N3O/c1-6-35(7-2)29-19-15-25(16-20-29)21-23-36(24-26-13-17-28(18-14-26)33(3,4)5)32(37)30-12-8-10-27-11-9-22-34-31(27)30/h8,10,12-20,34H,6-7,9,11,21-24H2,1-5H3. The van der Waals surface area contributed by atoms with Crippen LogP contribution in [0.4, 0.5) is 11.4 Å². The molecule has 0 saturated carbocycles. The van der Waals surface area contributed by atoms with E-state index < -0.39 is 0 Å². The molecule has 0 atom stereocenters. The van der Waals surface area contributed by atoms with Gasteiger partial charge in [-0.1, -0.05) is 69.3 Å². The summed E-state index contributed by atoms with van der Waals surface area (Å²) in [7, 11) is 0. The van der Waals surface area contributed by atoms with E-state index in [0.717, 1.165) is 55.7 Å². The molecule has 1 N–H and O–H groups in total. The number of carbonyl (C=O) groups is 1. The fraction of sp³-hybridized carbons (Fsp3) is 0.424. The van der Waals surface area contributed by atoms with E-state index in [1.165, 1.54) is 22.4 Å². The summed E-state index contributed by atoms with van der Waals surface area (Å²) in [5.74, 6) is 0.103. The van der Waals surface area contributed by atoms with Crippen LogP contribution in [0.5, 0.6) is 0 Å². The van der Waals surface area contributed by atoms with Gasteiger partial charge in [-0.3, -0.25) is 4.79 Å². The Morgan fingerprint density at radius 3 is 2.22 bits per heavy atom. The summed E-state index contributed by atoms with van der Waals surface area (Å²) in [5.41, 5.74) is 8.15. The van der Waals surface area contributed by atoms with E-state index in [1.54, 1.807) is 0 Å². The summed E-state index contributed by atoms with van der Waals surface area (Å²) in [6.07, 6.45) is 2.96. The van der Waals surface area contributed by atoms with E-state index in [1.807, 2.05) is 17.0 Å². The van der Waals surface area contributed by atoms with Gasteiger partial charge in [0, 0.05) is 38.4 Å². The highest BCUT2D eigenvalue weighted by Crippen LogP contribution is 2.28. The van der Waals surface area contributed by atoms with Crippen molar-refractivity contribution in [1.29, 1.82) is 0 Å². The van der Waals surface area contributed by atoms with Crippen LogP contribution in [0, 0.1) is 0 Å². The summed E-state index contributed by atoms with van der Waals surface area (Å²) >= 11 is 0. The second-order valence-electron chi connectivity index (χ2n) is 11.1. The molecule has 1 aliphatic heterocycles. The van der Waals surface area contributed by atoms with Crippen LogP contribution < -0.4 is 10.2 Å². The first-order valence-electron chi connectivity index (χ1n) is 13.9. The van der Waals surface area contributed by atoms with Gasteiger partial charge in [-0.2, -0.15) is 0 Å². The molecule has 1 heterocycles. The molecule has 0 saturated heterocycles. The normalized spacial score (nSPS) is 13.0. The average Bonchev–Trinajstić information content (AvgIpc) is 2.91. The number of nitrogens with zero attached hydrogens (tertiary/aromatic N) is 2. The van der Waals surface area contributed by atoms with Crippen molar-refractivity contribution >= 4 is 17.3 Å². The summed E-state index contributed by atoms with van der Waals surface area (Å²) in [6, 6.07) is 23.7. The number of nitrogens with one attached hydrogen (secondary N) is 1. The first-order chi connectivity index (χ1) is 17.8. The zero-order chi connectivity index (χ0) is 26.4. The van der Waals surface area contributed by atoms with E-state index in [4.69, 9.17) is 0 Å². The minimum absolute atomic E-state index is 0.103. The predicted octanol–water partition coefficient (Wildman–Crippen LogP) is 7.07. The van der Waals surface area contributed by atoms with E-state index >= 15 is 0 Å². The van der Waals surface area contributed by atoms with Crippen molar-refractivity contribution in [2.45, 2.75) is 65.8 Å². The van der Waals surface area contributed by atoms with Crippen LogP contribution >= 0.6 is 0 Å². The van der Waals surface area contributed by atoms with Crippen molar-refractivity contribution in [3.63, 3.8) is 0 Å². The molecule has 0 spiro atoms. The number of amides is 1. The molecule has 37 heavy (non-hydrogen) atoms. The molecule has 196 valence electrons. The van der Waals surface area contributed by atoms with Crippen molar-refractivity contribution in [2.75, 3.05) is 36.4 Å². The van der Waals surface area contributed by atoms with Gasteiger partial charge in [-0.15, -0.1) is 0 Å². The molecule has 0 radical (unpaired) electrons. The lowest BCUT2D eigenvalue weighted by Gasteiger charge is -2.27. The van der Waals surface area contributed by atoms with Crippen LogP contribution in [0.2, 0.25) is 0 Å². The Bertz CT molecular complexity index is 1170. The number of aryl methyl sites for hydroxylation is 1. The number of fused-ring (bicyclic) bond motifs is 1. The van der Waals surface area contributed by atoms with Crippen LogP contribution in [0.3, 0.4) is 0 Å². The third-order valence-corrected chi connectivity index (χ3v) is 7.52. The molecule has 0 fully saturated rings. The Kier molecular flexibility index (Phi) is 8.58. The second-order valence-corrected chi connectivity index (χ2v) is 11.1. The van der Waals surface area contributed by atoms with Gasteiger partial charge >= 0.3 is 0 Å². The minimum Gasteiger partial charge on any atom is -0.384 e. The minimum atomic E-state index is 0.103. The molecule has 4 nitrogen and oxygen atoms in total. The zero-order valence-electron chi connectivity index (χ0n) is 23.3. The van der Waals surface area contributed by atoms with Crippen molar-refractivity contribution in [1.82, 2.24) is 4.90 Å². The molecule has 4 rings (SSSR count). The predicted molar refractivity (Wildman–Crippen MR) is 157 cm³/mol. The van der Waals surface area contributed by atoms with Gasteiger partial charge in [0.15, 0.2) is 0 Å². The Labute approximate surface area is 223 Å². The average molecular weight is 498 g/mol. The summed E-state index contributed by atoms with van der Waals surface area (Å²) in [6.45, 7) is 15.3. The fourth-order valence-corrected chi connectivity index (χ4v) is 5.17. The number of hydrogen-bond donors (Lipinski definition) is 1. The molecule has 0 aromatic heterocycles. The smallest absolute Gasteiger partial charge is 0.256 e. The third kappa shape index (κ3) is 6.54. The summed E-state index contributed by atoms with van der Waals surface area (Å²) in [4.78, 5) is 18.3. The van der Waals surface area contributed by atoms with Crippen LogP contribution in [0.15, 0.2) is 66.7 Å². The number of para-hydroxylation sites is 1. The summed E-state index contributed by atoms with van der Waals surface area (Å²) in [5, 5.41) is 3.50. The highest BCUT2D eigenvalue weighted by Gasteiger charge is 2.23. The maximum absolute atomic E-state index is 14.0. The molecule has 0 aliphatic carbocycles. The van der Waals surface area contributed by atoms with Gasteiger partial charge in [0.05, 0.1) is 11.3 Å². The largest absolute Gasteiger partial charge is 0.384 e. The van der Waals surface area contributed by atoms with Crippen molar-refractivity contribution in [3.05, 3.63) is 94.5 Å². The highest BCUT2D eigenvalue weighted by atomic mass is 16.2. The van der Waals surface area contributed by atoms with Crippen LogP contribution in [-0.4, -0.2) is 37.0 Å². The van der Waals surface area contributed by atoms with Crippen molar-refractivity contribution in [2.24, 2.45) is 0 Å². The molecule has 1 amide bonds. The fourth-order valence-electron chi connectivity index (χ4n) is 5.17. The van der Waals surface area contributed by atoms with Crippen molar-refractivity contribution in [3.8, 4) is 0 Å². The first kappa shape index (κ1) is 26.8. The second kappa shape index (κ2) is 11.9. The maximum atomic E-state index is 14.0. The number of hydrogen-bond acceptors (Lipinski definition) is 3.